The summed E-state index contributed by atoms with van der Waals surface area (Å²) >= 11 is 0. The van der Waals surface area contributed by atoms with Gasteiger partial charge in [-0.15, -0.1) is 47.5 Å². The molecule has 0 aliphatic rings. The zero-order valence-electron chi connectivity index (χ0n) is 29.3. The van der Waals surface area contributed by atoms with Crippen LogP contribution in [-0.4, -0.2) is 14.4 Å². The summed E-state index contributed by atoms with van der Waals surface area (Å²) < 4.78 is 46.0. The topological polar surface area (TPSA) is 30.2 Å². The number of aryl methyl sites for hydroxylation is 2. The summed E-state index contributed by atoms with van der Waals surface area (Å²) in [5, 5.41) is 7.53. The molecule has 44 heavy (non-hydrogen) atoms. The van der Waals surface area contributed by atoms with Crippen molar-refractivity contribution in [2.24, 2.45) is 0 Å². The molecule has 0 bridgehead atoms. The third-order valence-electron chi connectivity index (χ3n) is 7.89. The van der Waals surface area contributed by atoms with Crippen LogP contribution in [0.3, 0.4) is 0 Å². The first-order chi connectivity index (χ1) is 23.6. The number of hydrogen-bond donors (Lipinski definition) is 0. The van der Waals surface area contributed by atoms with Gasteiger partial charge in [-0.2, -0.15) is 0 Å². The molecule has 3 nitrogen and oxygen atoms in total. The Morgan fingerprint density at radius 2 is 1.45 bits per heavy atom. The van der Waals surface area contributed by atoms with Crippen molar-refractivity contribution in [3.63, 3.8) is 0 Å². The van der Waals surface area contributed by atoms with Crippen molar-refractivity contribution in [1.82, 2.24) is 14.4 Å². The first-order valence-corrected chi connectivity index (χ1v) is 14.0. The molecule has 0 aliphatic carbocycles. The monoisotopic (exact) mass is 748 g/mol. The van der Waals surface area contributed by atoms with E-state index in [1.807, 2.05) is 18.3 Å². The summed E-state index contributed by atoms with van der Waals surface area (Å²) in [5.41, 5.74) is 7.26. The van der Waals surface area contributed by atoms with E-state index in [2.05, 4.69) is 99.3 Å². The van der Waals surface area contributed by atoms with Crippen LogP contribution in [0.15, 0.2) is 128 Å². The smallest absolute Gasteiger partial charge is 0.0457 e. The van der Waals surface area contributed by atoms with Gasteiger partial charge in [0.25, 0.3) is 0 Å². The molecule has 4 heteroatoms. The Bertz CT molecular complexity index is 2560. The molecule has 0 aliphatic heterocycles. The van der Waals surface area contributed by atoms with E-state index in [0.717, 1.165) is 11.3 Å². The number of aromatic nitrogens is 3. The molecular formula is C40H27IrN3-2. The molecule has 0 saturated carbocycles. The summed E-state index contributed by atoms with van der Waals surface area (Å²) in [6.45, 7) is -4.34. The molecule has 9 rings (SSSR count). The first-order valence-electron chi connectivity index (χ1n) is 17.0. The standard InChI is InChI=1S/C27H15N2.C13H12N.Ir/c1-2-8-19-17(7-1)12-13-25-26(19)22-16-18(23-10-5-6-14-28-23)15-21-20-9-3-4-11-24(20)29(25)27(21)22;1-10-3-6-12(7-4-10)13-8-5-11(2)9-14-13;/h1-14,16H;3-6,8-9H,1-2H3;/q2*-1;/i;1D3,2D3;. The van der Waals surface area contributed by atoms with E-state index in [-0.39, 0.29) is 31.2 Å². The Kier molecular flexibility index (Phi) is 5.59. The SMILES string of the molecule is [2H]C([2H])([2H])c1c[c-]c(-c2ccc(C([2H])([2H])[2H])cn2)cc1.[Ir].[c-]1c(-c2ccccn2)cc2c3c4ccccc4ccc3n3c4ccccc4c1c23. The van der Waals surface area contributed by atoms with Gasteiger partial charge in [-0.1, -0.05) is 101 Å². The van der Waals surface area contributed by atoms with Gasteiger partial charge in [0.05, 0.1) is 0 Å². The van der Waals surface area contributed by atoms with Gasteiger partial charge in [0, 0.05) is 62.8 Å². The van der Waals surface area contributed by atoms with Crippen LogP contribution in [0.2, 0.25) is 0 Å². The maximum Gasteiger partial charge on any atom is 0.0457 e. The Hall–Kier alpha value is -4.89. The Morgan fingerprint density at radius 3 is 2.23 bits per heavy atom. The fourth-order valence-electron chi connectivity index (χ4n) is 5.97. The van der Waals surface area contributed by atoms with Gasteiger partial charge in [0.2, 0.25) is 0 Å². The summed E-state index contributed by atoms with van der Waals surface area (Å²) in [6.07, 6.45) is 3.15. The van der Waals surface area contributed by atoms with Gasteiger partial charge in [-0.25, -0.2) is 0 Å². The Labute approximate surface area is 278 Å². The molecule has 0 N–H and O–H groups in total. The van der Waals surface area contributed by atoms with Crippen LogP contribution in [0.5, 0.6) is 0 Å². The van der Waals surface area contributed by atoms with E-state index in [4.69, 9.17) is 8.22 Å². The van der Waals surface area contributed by atoms with E-state index in [1.165, 1.54) is 73.3 Å². The van der Waals surface area contributed by atoms with Crippen LogP contribution < -0.4 is 0 Å². The predicted molar refractivity (Wildman–Crippen MR) is 179 cm³/mol. The van der Waals surface area contributed by atoms with E-state index < -0.39 is 13.7 Å². The van der Waals surface area contributed by atoms with Crippen molar-refractivity contribution in [1.29, 1.82) is 0 Å². The van der Waals surface area contributed by atoms with Crippen LogP contribution in [0.25, 0.3) is 71.4 Å². The molecule has 4 aromatic heterocycles. The molecule has 0 unspecified atom stereocenters. The molecule has 0 fully saturated rings. The van der Waals surface area contributed by atoms with Gasteiger partial charge >= 0.3 is 0 Å². The molecule has 0 saturated heterocycles. The number of fused-ring (bicyclic) bond motifs is 8. The van der Waals surface area contributed by atoms with E-state index in [9.17, 15) is 0 Å². The first kappa shape index (κ1) is 21.7. The van der Waals surface area contributed by atoms with Gasteiger partial charge in [0.15, 0.2) is 0 Å². The molecule has 5 aromatic carbocycles. The van der Waals surface area contributed by atoms with Crippen molar-refractivity contribution < 1.29 is 28.3 Å². The minimum absolute atomic E-state index is 0. The van der Waals surface area contributed by atoms with E-state index in [1.54, 1.807) is 12.1 Å². The number of rotatable bonds is 2. The molecule has 0 amide bonds. The Balaban J connectivity index is 0.000000166. The second kappa shape index (κ2) is 11.3. The van der Waals surface area contributed by atoms with Gasteiger partial charge in [-0.05, 0) is 52.6 Å². The van der Waals surface area contributed by atoms with Crippen molar-refractivity contribution in [2.75, 3.05) is 0 Å². The molecule has 1 radical (unpaired) electrons. The fraction of sp³-hybridized carbons (Fsp3) is 0.0500. The quantitative estimate of drug-likeness (QED) is 0.165. The minimum Gasteiger partial charge on any atom is -0.348 e. The molecule has 213 valence electrons. The number of benzene rings is 5. The van der Waals surface area contributed by atoms with Gasteiger partial charge < -0.3 is 9.38 Å². The maximum atomic E-state index is 7.28. The summed E-state index contributed by atoms with van der Waals surface area (Å²) in [7, 11) is 0. The minimum atomic E-state index is -2.18. The molecule has 4 heterocycles. The number of hydrogen-bond acceptors (Lipinski definition) is 2. The average molecular weight is 748 g/mol. The summed E-state index contributed by atoms with van der Waals surface area (Å²) in [6, 6.07) is 44.2. The van der Waals surface area contributed by atoms with Crippen molar-refractivity contribution in [3.05, 3.63) is 151 Å². The number of nitrogens with zero attached hydrogens (tertiary/aromatic N) is 3. The summed E-state index contributed by atoms with van der Waals surface area (Å²) in [4.78, 5) is 8.67. The number of pyridine rings is 2. The van der Waals surface area contributed by atoms with Crippen LogP contribution in [0.1, 0.15) is 19.4 Å². The summed E-state index contributed by atoms with van der Waals surface area (Å²) in [5.74, 6) is 0. The van der Waals surface area contributed by atoms with E-state index in [0.29, 0.717) is 11.3 Å². The zero-order valence-corrected chi connectivity index (χ0v) is 25.7. The van der Waals surface area contributed by atoms with Crippen LogP contribution in [-0.2, 0) is 20.1 Å². The molecule has 9 aromatic rings. The predicted octanol–water partition coefficient (Wildman–Crippen LogP) is 10.0. The molecule has 0 spiro atoms. The van der Waals surface area contributed by atoms with Crippen LogP contribution in [0.4, 0.5) is 0 Å². The molecular weight excluding hydrogens is 715 g/mol. The van der Waals surface area contributed by atoms with E-state index >= 15 is 0 Å². The van der Waals surface area contributed by atoms with Gasteiger partial charge in [-0.3, -0.25) is 4.98 Å². The van der Waals surface area contributed by atoms with Crippen molar-refractivity contribution in [2.45, 2.75) is 13.7 Å². The Morgan fingerprint density at radius 1 is 0.659 bits per heavy atom. The molecule has 0 atom stereocenters. The third kappa shape index (κ3) is 4.64. The average Bonchev–Trinajstić information content (AvgIpc) is 3.64. The van der Waals surface area contributed by atoms with Gasteiger partial charge in [0.1, 0.15) is 0 Å². The third-order valence-corrected chi connectivity index (χ3v) is 7.89. The van der Waals surface area contributed by atoms with Crippen LogP contribution in [0, 0.1) is 25.8 Å². The maximum absolute atomic E-state index is 7.28. The fourth-order valence-corrected chi connectivity index (χ4v) is 5.97. The van der Waals surface area contributed by atoms with Crippen molar-refractivity contribution >= 4 is 48.9 Å². The van der Waals surface area contributed by atoms with Crippen LogP contribution >= 0.6 is 0 Å². The zero-order chi connectivity index (χ0) is 33.9. The number of para-hydroxylation sites is 1. The normalized spacial score (nSPS) is 13.8. The largest absolute Gasteiger partial charge is 0.348 e. The van der Waals surface area contributed by atoms with Crippen molar-refractivity contribution in [3.8, 4) is 22.5 Å². The second-order valence-corrected chi connectivity index (χ2v) is 10.5. The second-order valence-electron chi connectivity index (χ2n) is 10.5.